The highest BCUT2D eigenvalue weighted by Gasteiger charge is 2.32. The van der Waals surface area contributed by atoms with Gasteiger partial charge in [0.05, 0.1) is 6.61 Å². The lowest BCUT2D eigenvalue weighted by atomic mass is 9.76. The van der Waals surface area contributed by atoms with Crippen molar-refractivity contribution in [2.75, 3.05) is 6.61 Å². The number of hydrogen-bond acceptors (Lipinski definition) is 3. The summed E-state index contributed by atoms with van der Waals surface area (Å²) >= 11 is 0. The predicted molar refractivity (Wildman–Crippen MR) is 79.6 cm³/mol. The SMILES string of the molecule is CCC(CO)(Cc1ncnn1C(C)C)c1ccccc1. The van der Waals surface area contributed by atoms with Crippen molar-refractivity contribution in [3.8, 4) is 0 Å². The number of aliphatic hydroxyl groups excluding tert-OH is 1. The quantitative estimate of drug-likeness (QED) is 0.880. The minimum absolute atomic E-state index is 0.110. The number of rotatable bonds is 6. The molecule has 1 aromatic carbocycles. The molecule has 4 nitrogen and oxygen atoms in total. The molecular weight excluding hydrogens is 250 g/mol. The molecule has 1 unspecified atom stereocenters. The van der Waals surface area contributed by atoms with Gasteiger partial charge in [0.1, 0.15) is 12.2 Å². The van der Waals surface area contributed by atoms with E-state index >= 15 is 0 Å². The molecule has 0 aliphatic carbocycles. The van der Waals surface area contributed by atoms with E-state index in [4.69, 9.17) is 0 Å². The summed E-state index contributed by atoms with van der Waals surface area (Å²) in [5, 5.41) is 14.3. The molecule has 0 aliphatic rings. The van der Waals surface area contributed by atoms with E-state index in [0.29, 0.717) is 6.42 Å². The van der Waals surface area contributed by atoms with Crippen molar-refractivity contribution in [3.05, 3.63) is 48.0 Å². The second-order valence-corrected chi connectivity index (χ2v) is 5.55. The second-order valence-electron chi connectivity index (χ2n) is 5.55. The number of benzene rings is 1. The van der Waals surface area contributed by atoms with E-state index in [1.807, 2.05) is 22.9 Å². The molecule has 0 saturated heterocycles. The highest BCUT2D eigenvalue weighted by molar-refractivity contribution is 5.27. The third-order valence-corrected chi connectivity index (χ3v) is 4.00. The molecule has 0 spiro atoms. The van der Waals surface area contributed by atoms with Crippen molar-refractivity contribution in [1.82, 2.24) is 14.8 Å². The van der Waals surface area contributed by atoms with Gasteiger partial charge in [-0.1, -0.05) is 37.3 Å². The molecule has 0 aliphatic heterocycles. The highest BCUT2D eigenvalue weighted by atomic mass is 16.3. The summed E-state index contributed by atoms with van der Waals surface area (Å²) in [4.78, 5) is 4.38. The Balaban J connectivity index is 2.37. The second kappa shape index (κ2) is 6.18. The molecule has 0 fully saturated rings. The zero-order chi connectivity index (χ0) is 14.6. The lowest BCUT2D eigenvalue weighted by Gasteiger charge is -2.31. The van der Waals surface area contributed by atoms with Gasteiger partial charge in [-0.2, -0.15) is 5.10 Å². The van der Waals surface area contributed by atoms with Gasteiger partial charge < -0.3 is 5.11 Å². The summed E-state index contributed by atoms with van der Waals surface area (Å²) in [5.41, 5.74) is 0.865. The number of aliphatic hydroxyl groups is 1. The zero-order valence-corrected chi connectivity index (χ0v) is 12.5. The average molecular weight is 273 g/mol. The first-order valence-electron chi connectivity index (χ1n) is 7.17. The lowest BCUT2D eigenvalue weighted by molar-refractivity contribution is 0.182. The maximum atomic E-state index is 10.0. The normalized spacial score (nSPS) is 14.4. The molecule has 2 aromatic rings. The van der Waals surface area contributed by atoms with Crippen LogP contribution in [0.2, 0.25) is 0 Å². The largest absolute Gasteiger partial charge is 0.395 e. The van der Waals surface area contributed by atoms with E-state index in [0.717, 1.165) is 17.8 Å². The third kappa shape index (κ3) is 2.75. The number of hydrogen-bond donors (Lipinski definition) is 1. The van der Waals surface area contributed by atoms with Crippen LogP contribution in [0.5, 0.6) is 0 Å². The standard InChI is InChI=1S/C16H23N3O/c1-4-16(11-20,14-8-6-5-7-9-14)10-15-17-12-18-19(15)13(2)3/h5-9,12-13,20H,4,10-11H2,1-3H3. The number of nitrogens with zero attached hydrogens (tertiary/aromatic N) is 3. The van der Waals surface area contributed by atoms with Crippen LogP contribution >= 0.6 is 0 Å². The van der Waals surface area contributed by atoms with Crippen LogP contribution in [0.1, 0.15) is 44.6 Å². The van der Waals surface area contributed by atoms with E-state index in [2.05, 4.69) is 43.0 Å². The molecule has 20 heavy (non-hydrogen) atoms. The van der Waals surface area contributed by atoms with Gasteiger partial charge in [-0.05, 0) is 25.8 Å². The molecule has 0 saturated carbocycles. The Kier molecular flexibility index (Phi) is 4.55. The highest BCUT2D eigenvalue weighted by Crippen LogP contribution is 2.31. The average Bonchev–Trinajstić information content (AvgIpc) is 2.94. The third-order valence-electron chi connectivity index (χ3n) is 4.00. The summed E-state index contributed by atoms with van der Waals surface area (Å²) in [6.45, 7) is 6.40. The lowest BCUT2D eigenvalue weighted by Crippen LogP contribution is -2.34. The minimum atomic E-state index is -0.291. The van der Waals surface area contributed by atoms with Crippen LogP contribution in [-0.2, 0) is 11.8 Å². The summed E-state index contributed by atoms with van der Waals surface area (Å²) in [6.07, 6.45) is 3.15. The molecule has 1 heterocycles. The van der Waals surface area contributed by atoms with Gasteiger partial charge in [0.25, 0.3) is 0 Å². The van der Waals surface area contributed by atoms with Gasteiger partial charge in [0.2, 0.25) is 0 Å². The fourth-order valence-corrected chi connectivity index (χ4v) is 2.62. The van der Waals surface area contributed by atoms with Gasteiger partial charge in [-0.3, -0.25) is 0 Å². The molecule has 4 heteroatoms. The maximum absolute atomic E-state index is 10.0. The van der Waals surface area contributed by atoms with Gasteiger partial charge in [0.15, 0.2) is 0 Å². The van der Waals surface area contributed by atoms with Crippen molar-refractivity contribution >= 4 is 0 Å². The molecule has 1 atom stereocenters. The predicted octanol–water partition coefficient (Wildman–Crippen LogP) is 2.74. The Hall–Kier alpha value is -1.68. The molecule has 0 amide bonds. The Labute approximate surface area is 120 Å². The summed E-state index contributed by atoms with van der Waals surface area (Å²) in [7, 11) is 0. The summed E-state index contributed by atoms with van der Waals surface area (Å²) in [5.74, 6) is 0.930. The minimum Gasteiger partial charge on any atom is -0.395 e. The smallest absolute Gasteiger partial charge is 0.138 e. The molecular formula is C16H23N3O. The van der Waals surface area contributed by atoms with E-state index in [1.165, 1.54) is 0 Å². The van der Waals surface area contributed by atoms with Crippen LogP contribution in [0.4, 0.5) is 0 Å². The van der Waals surface area contributed by atoms with E-state index < -0.39 is 0 Å². The van der Waals surface area contributed by atoms with Crippen molar-refractivity contribution in [1.29, 1.82) is 0 Å². The first-order chi connectivity index (χ1) is 9.63. The fraction of sp³-hybridized carbons (Fsp3) is 0.500. The van der Waals surface area contributed by atoms with Crippen molar-refractivity contribution in [3.63, 3.8) is 0 Å². The van der Waals surface area contributed by atoms with Crippen LogP contribution in [0, 0.1) is 0 Å². The fourth-order valence-electron chi connectivity index (χ4n) is 2.62. The van der Waals surface area contributed by atoms with Crippen LogP contribution in [-0.4, -0.2) is 26.5 Å². The van der Waals surface area contributed by atoms with E-state index in [9.17, 15) is 5.11 Å². The molecule has 2 rings (SSSR count). The molecule has 0 bridgehead atoms. The van der Waals surface area contributed by atoms with E-state index in [1.54, 1.807) is 6.33 Å². The monoisotopic (exact) mass is 273 g/mol. The van der Waals surface area contributed by atoms with Crippen LogP contribution in [0.15, 0.2) is 36.7 Å². The van der Waals surface area contributed by atoms with Gasteiger partial charge in [0, 0.05) is 17.9 Å². The molecule has 1 aromatic heterocycles. The van der Waals surface area contributed by atoms with Crippen molar-refractivity contribution in [2.45, 2.75) is 45.1 Å². The van der Waals surface area contributed by atoms with E-state index in [-0.39, 0.29) is 18.1 Å². The zero-order valence-electron chi connectivity index (χ0n) is 12.5. The van der Waals surface area contributed by atoms with Gasteiger partial charge >= 0.3 is 0 Å². The summed E-state index contributed by atoms with van der Waals surface area (Å²) < 4.78 is 1.93. The Morgan fingerprint density at radius 3 is 2.50 bits per heavy atom. The summed E-state index contributed by atoms with van der Waals surface area (Å²) in [6, 6.07) is 10.5. The Bertz CT molecular complexity index is 530. The topological polar surface area (TPSA) is 50.9 Å². The molecule has 0 radical (unpaired) electrons. The Morgan fingerprint density at radius 2 is 1.95 bits per heavy atom. The van der Waals surface area contributed by atoms with Crippen molar-refractivity contribution in [2.24, 2.45) is 0 Å². The van der Waals surface area contributed by atoms with Crippen LogP contribution in [0.25, 0.3) is 0 Å². The van der Waals surface area contributed by atoms with Crippen LogP contribution in [0.3, 0.4) is 0 Å². The number of aromatic nitrogens is 3. The first kappa shape index (κ1) is 14.7. The van der Waals surface area contributed by atoms with Gasteiger partial charge in [-0.25, -0.2) is 9.67 Å². The maximum Gasteiger partial charge on any atom is 0.138 e. The first-order valence-corrected chi connectivity index (χ1v) is 7.17. The van der Waals surface area contributed by atoms with Crippen molar-refractivity contribution < 1.29 is 5.11 Å². The Morgan fingerprint density at radius 1 is 1.25 bits per heavy atom. The molecule has 1 N–H and O–H groups in total. The molecule has 108 valence electrons. The van der Waals surface area contributed by atoms with Crippen LogP contribution < -0.4 is 0 Å². The van der Waals surface area contributed by atoms with Gasteiger partial charge in [-0.15, -0.1) is 0 Å².